The number of aliphatic imine (C=N–C) groups is 1. The molecule has 1 heterocycles. The van der Waals surface area contributed by atoms with E-state index in [1.54, 1.807) is 17.4 Å². The number of carbonyl (C=O) groups excluding carboxylic acids is 1. The lowest BCUT2D eigenvalue weighted by Crippen LogP contribution is -1.64. The van der Waals surface area contributed by atoms with Gasteiger partial charge in [0.1, 0.15) is 0 Å². The zero-order valence-electron chi connectivity index (χ0n) is 6.15. The molecule has 0 fully saturated rings. The molecule has 0 bridgehead atoms. The monoisotopic (exact) mass is 175 g/mol. The summed E-state index contributed by atoms with van der Waals surface area (Å²) in [5.41, 5.74) is 0.706. The van der Waals surface area contributed by atoms with E-state index in [4.69, 9.17) is 0 Å². The normalized spacial score (nSPS) is 9.67. The molecular weight excluding hydrogens is 170 g/mol. The van der Waals surface area contributed by atoms with Crippen molar-refractivity contribution in [1.82, 2.24) is 0 Å². The number of isocyanates is 1. The zero-order chi connectivity index (χ0) is 8.39. The highest BCUT2D eigenvalue weighted by Crippen LogP contribution is 2.29. The molecule has 0 spiro atoms. The van der Waals surface area contributed by atoms with Gasteiger partial charge in [0, 0.05) is 0 Å². The number of rotatable bonds is 1. The highest BCUT2D eigenvalue weighted by Gasteiger charge is 1.98. The maximum Gasteiger partial charge on any atom is 0.240 e. The quantitative estimate of drug-likeness (QED) is 0.484. The van der Waals surface area contributed by atoms with E-state index in [-0.39, 0.29) is 0 Å². The van der Waals surface area contributed by atoms with Crippen molar-refractivity contribution in [1.29, 1.82) is 0 Å². The Kier molecular flexibility index (Phi) is 1.74. The summed E-state index contributed by atoms with van der Waals surface area (Å²) in [5, 5.41) is 3.10. The third-order valence-electron chi connectivity index (χ3n) is 1.62. The Labute approximate surface area is 73.2 Å². The lowest BCUT2D eigenvalue weighted by Gasteiger charge is -1.91. The SMILES string of the molecule is O=C=Nc1cccc2ccsc12. The van der Waals surface area contributed by atoms with Crippen LogP contribution in [0.3, 0.4) is 0 Å². The van der Waals surface area contributed by atoms with E-state index >= 15 is 0 Å². The van der Waals surface area contributed by atoms with E-state index in [1.165, 1.54) is 0 Å². The maximum absolute atomic E-state index is 10.1. The molecule has 0 unspecified atom stereocenters. The predicted molar refractivity (Wildman–Crippen MR) is 49.6 cm³/mol. The molecular formula is C9H5NOS. The summed E-state index contributed by atoms with van der Waals surface area (Å²) in [6.07, 6.45) is 1.55. The van der Waals surface area contributed by atoms with Crippen LogP contribution in [0.2, 0.25) is 0 Å². The van der Waals surface area contributed by atoms with Crippen molar-refractivity contribution >= 4 is 33.2 Å². The second-order valence-corrected chi connectivity index (χ2v) is 3.24. The molecule has 0 N–H and O–H groups in total. The molecule has 2 nitrogen and oxygen atoms in total. The molecule has 2 aromatic rings. The molecule has 1 aromatic carbocycles. The second-order valence-electron chi connectivity index (χ2n) is 2.32. The summed E-state index contributed by atoms with van der Waals surface area (Å²) in [7, 11) is 0. The number of benzene rings is 1. The highest BCUT2D eigenvalue weighted by molar-refractivity contribution is 7.17. The molecule has 0 amide bonds. The highest BCUT2D eigenvalue weighted by atomic mass is 32.1. The summed E-state index contributed by atoms with van der Waals surface area (Å²) in [6.45, 7) is 0. The van der Waals surface area contributed by atoms with E-state index in [9.17, 15) is 4.79 Å². The Morgan fingerprint density at radius 1 is 1.33 bits per heavy atom. The van der Waals surface area contributed by atoms with Gasteiger partial charge in [-0.05, 0) is 22.9 Å². The van der Waals surface area contributed by atoms with Crippen LogP contribution in [0.5, 0.6) is 0 Å². The molecule has 0 aliphatic carbocycles. The molecule has 0 saturated carbocycles. The Hall–Kier alpha value is -1.44. The van der Waals surface area contributed by atoms with Gasteiger partial charge < -0.3 is 0 Å². The molecule has 0 aliphatic heterocycles. The minimum absolute atomic E-state index is 0.706. The number of fused-ring (bicyclic) bond motifs is 1. The molecule has 12 heavy (non-hydrogen) atoms. The van der Waals surface area contributed by atoms with Crippen molar-refractivity contribution < 1.29 is 4.79 Å². The molecule has 0 saturated heterocycles. The summed E-state index contributed by atoms with van der Waals surface area (Å²) in [4.78, 5) is 13.7. The summed E-state index contributed by atoms with van der Waals surface area (Å²) in [6, 6.07) is 7.69. The Morgan fingerprint density at radius 3 is 3.08 bits per heavy atom. The van der Waals surface area contributed by atoms with Crippen LogP contribution in [0.25, 0.3) is 10.1 Å². The lowest BCUT2D eigenvalue weighted by atomic mass is 10.2. The van der Waals surface area contributed by atoms with Crippen LogP contribution in [0, 0.1) is 0 Å². The largest absolute Gasteiger partial charge is 0.240 e. The number of hydrogen-bond donors (Lipinski definition) is 0. The first kappa shape index (κ1) is 7.22. The Morgan fingerprint density at radius 2 is 2.25 bits per heavy atom. The van der Waals surface area contributed by atoms with Crippen LogP contribution >= 0.6 is 11.3 Å². The van der Waals surface area contributed by atoms with Gasteiger partial charge in [0.2, 0.25) is 6.08 Å². The molecule has 0 atom stereocenters. The maximum atomic E-state index is 10.1. The van der Waals surface area contributed by atoms with Gasteiger partial charge in [-0.1, -0.05) is 12.1 Å². The van der Waals surface area contributed by atoms with E-state index < -0.39 is 0 Å². The van der Waals surface area contributed by atoms with Gasteiger partial charge in [0.15, 0.2) is 0 Å². The molecule has 0 aliphatic rings. The fourth-order valence-electron chi connectivity index (χ4n) is 1.11. The van der Waals surface area contributed by atoms with E-state index in [1.807, 2.05) is 29.6 Å². The van der Waals surface area contributed by atoms with Gasteiger partial charge in [0.05, 0.1) is 10.4 Å². The molecule has 3 heteroatoms. The lowest BCUT2D eigenvalue weighted by molar-refractivity contribution is 0.565. The van der Waals surface area contributed by atoms with Gasteiger partial charge in [-0.15, -0.1) is 11.3 Å². The van der Waals surface area contributed by atoms with Crippen molar-refractivity contribution in [2.75, 3.05) is 0 Å². The van der Waals surface area contributed by atoms with Crippen molar-refractivity contribution in [2.45, 2.75) is 0 Å². The average molecular weight is 175 g/mol. The van der Waals surface area contributed by atoms with Crippen LogP contribution in [-0.2, 0) is 4.79 Å². The number of thiophene rings is 1. The summed E-state index contributed by atoms with van der Waals surface area (Å²) < 4.78 is 1.04. The Bertz CT molecular complexity index is 454. The second kappa shape index (κ2) is 2.89. The minimum Gasteiger partial charge on any atom is -0.211 e. The molecule has 2 rings (SSSR count). The van der Waals surface area contributed by atoms with Gasteiger partial charge in [-0.25, -0.2) is 4.79 Å². The first-order valence-corrected chi connectivity index (χ1v) is 4.34. The molecule has 0 radical (unpaired) electrons. The average Bonchev–Trinajstić information content (AvgIpc) is 2.53. The van der Waals surface area contributed by atoms with Gasteiger partial charge in [0.25, 0.3) is 0 Å². The van der Waals surface area contributed by atoms with Crippen LogP contribution in [0.15, 0.2) is 34.6 Å². The fraction of sp³-hybridized carbons (Fsp3) is 0. The van der Waals surface area contributed by atoms with Gasteiger partial charge >= 0.3 is 0 Å². The topological polar surface area (TPSA) is 29.4 Å². The first-order valence-electron chi connectivity index (χ1n) is 3.46. The first-order chi connectivity index (χ1) is 5.92. The van der Waals surface area contributed by atoms with Gasteiger partial charge in [-0.3, -0.25) is 0 Å². The van der Waals surface area contributed by atoms with Crippen LogP contribution < -0.4 is 0 Å². The molecule has 58 valence electrons. The summed E-state index contributed by atoms with van der Waals surface area (Å²) in [5.74, 6) is 0. The number of hydrogen-bond acceptors (Lipinski definition) is 3. The van der Waals surface area contributed by atoms with E-state index in [2.05, 4.69) is 4.99 Å². The van der Waals surface area contributed by atoms with Crippen molar-refractivity contribution in [3.63, 3.8) is 0 Å². The number of nitrogens with zero attached hydrogens (tertiary/aromatic N) is 1. The van der Waals surface area contributed by atoms with Crippen LogP contribution in [0.1, 0.15) is 0 Å². The smallest absolute Gasteiger partial charge is 0.211 e. The standard InChI is InChI=1S/C9H5NOS/c11-6-10-8-3-1-2-7-4-5-12-9(7)8/h1-5H. The van der Waals surface area contributed by atoms with Crippen LogP contribution in [0.4, 0.5) is 5.69 Å². The van der Waals surface area contributed by atoms with Crippen molar-refractivity contribution in [3.05, 3.63) is 29.6 Å². The third-order valence-corrected chi connectivity index (χ3v) is 2.58. The van der Waals surface area contributed by atoms with E-state index in [0.29, 0.717) is 5.69 Å². The van der Waals surface area contributed by atoms with E-state index in [0.717, 1.165) is 10.1 Å². The summed E-state index contributed by atoms with van der Waals surface area (Å²) >= 11 is 1.58. The fourth-order valence-corrected chi connectivity index (χ4v) is 1.97. The van der Waals surface area contributed by atoms with Crippen molar-refractivity contribution in [3.8, 4) is 0 Å². The van der Waals surface area contributed by atoms with Crippen LogP contribution in [-0.4, -0.2) is 6.08 Å². The minimum atomic E-state index is 0.706. The zero-order valence-corrected chi connectivity index (χ0v) is 6.97. The predicted octanol–water partition coefficient (Wildman–Crippen LogP) is 2.87. The molecule has 1 aromatic heterocycles. The third kappa shape index (κ3) is 1.05. The van der Waals surface area contributed by atoms with Gasteiger partial charge in [-0.2, -0.15) is 4.99 Å². The van der Waals surface area contributed by atoms with Crippen molar-refractivity contribution in [2.24, 2.45) is 4.99 Å². The Balaban J connectivity index is 2.81.